The van der Waals surface area contributed by atoms with Gasteiger partial charge >= 0.3 is 6.18 Å². The molecule has 0 aliphatic rings. The fraction of sp³-hybridized carbons (Fsp3) is 0.167. The fourth-order valence-electron chi connectivity index (χ4n) is 2.07. The Morgan fingerprint density at radius 1 is 1.25 bits per heavy atom. The van der Waals surface area contributed by atoms with Crippen molar-refractivity contribution in [2.45, 2.75) is 6.18 Å². The van der Waals surface area contributed by atoms with Crippen LogP contribution in [0, 0.1) is 0 Å². The number of rotatable bonds is 1. The van der Waals surface area contributed by atoms with Gasteiger partial charge in [0.25, 0.3) is 0 Å². The molecule has 0 radical (unpaired) electrons. The Morgan fingerprint density at radius 3 is 2.60 bits per heavy atom. The lowest BCUT2D eigenvalue weighted by atomic mass is 10.3. The van der Waals surface area contributed by atoms with Crippen LogP contribution in [0.2, 0.25) is 0 Å². The Morgan fingerprint density at radius 2 is 2.00 bits per heavy atom. The molecule has 8 heteroatoms. The number of hydrogen-bond acceptors (Lipinski definition) is 3. The monoisotopic (exact) mass is 281 g/mol. The van der Waals surface area contributed by atoms with E-state index in [0.29, 0.717) is 16.9 Å². The van der Waals surface area contributed by atoms with Crippen molar-refractivity contribution in [3.63, 3.8) is 0 Å². The van der Waals surface area contributed by atoms with E-state index in [4.69, 9.17) is 5.73 Å². The van der Waals surface area contributed by atoms with Gasteiger partial charge in [-0.15, -0.1) is 0 Å². The van der Waals surface area contributed by atoms with Crippen molar-refractivity contribution in [3.8, 4) is 5.69 Å². The summed E-state index contributed by atoms with van der Waals surface area (Å²) in [5.41, 5.74) is 6.78. The molecule has 2 aromatic heterocycles. The molecular weight excluding hydrogens is 271 g/mol. The fourth-order valence-corrected chi connectivity index (χ4v) is 2.07. The second-order valence-electron chi connectivity index (χ2n) is 4.39. The Labute approximate surface area is 111 Å². The number of nitrogen functional groups attached to an aromatic ring is 1. The van der Waals surface area contributed by atoms with Crippen molar-refractivity contribution < 1.29 is 13.2 Å². The number of aryl methyl sites for hydroxylation is 1. The van der Waals surface area contributed by atoms with E-state index >= 15 is 0 Å². The Hall–Kier alpha value is -2.51. The van der Waals surface area contributed by atoms with E-state index in [-0.39, 0.29) is 5.52 Å². The first kappa shape index (κ1) is 12.5. The zero-order valence-electron chi connectivity index (χ0n) is 10.4. The molecule has 0 atom stereocenters. The molecule has 0 fully saturated rings. The zero-order valence-corrected chi connectivity index (χ0v) is 10.4. The van der Waals surface area contributed by atoms with Crippen LogP contribution in [0.5, 0.6) is 0 Å². The maximum Gasteiger partial charge on any atom is 0.450 e. The number of anilines is 1. The van der Waals surface area contributed by atoms with E-state index in [1.165, 1.54) is 35.3 Å². The summed E-state index contributed by atoms with van der Waals surface area (Å²) >= 11 is 0. The van der Waals surface area contributed by atoms with Crippen LogP contribution in [0.3, 0.4) is 0 Å². The van der Waals surface area contributed by atoms with Gasteiger partial charge in [0.2, 0.25) is 5.82 Å². The van der Waals surface area contributed by atoms with E-state index in [0.717, 1.165) is 4.57 Å². The highest BCUT2D eigenvalue weighted by Gasteiger charge is 2.38. The minimum absolute atomic E-state index is 0.196. The maximum absolute atomic E-state index is 13.1. The number of aromatic nitrogens is 4. The first-order valence-electron chi connectivity index (χ1n) is 5.70. The quantitative estimate of drug-likeness (QED) is 0.696. The Kier molecular flexibility index (Phi) is 2.50. The van der Waals surface area contributed by atoms with Crippen molar-refractivity contribution in [2.24, 2.45) is 7.05 Å². The summed E-state index contributed by atoms with van der Waals surface area (Å²) in [4.78, 5) is 3.65. The molecule has 0 saturated heterocycles. The van der Waals surface area contributed by atoms with Gasteiger partial charge in [0.15, 0.2) is 0 Å². The molecule has 1 aromatic carbocycles. The number of nitrogens with two attached hydrogens (primary N) is 1. The van der Waals surface area contributed by atoms with Gasteiger partial charge in [-0.25, -0.2) is 4.98 Å². The van der Waals surface area contributed by atoms with Crippen molar-refractivity contribution in [3.05, 3.63) is 36.4 Å². The molecule has 0 saturated carbocycles. The summed E-state index contributed by atoms with van der Waals surface area (Å²) in [5.74, 6) is -0.994. The van der Waals surface area contributed by atoms with Crippen molar-refractivity contribution in [1.82, 2.24) is 19.3 Å². The number of fused-ring (bicyclic) bond motifs is 1. The van der Waals surface area contributed by atoms with Gasteiger partial charge in [-0.3, -0.25) is 9.25 Å². The van der Waals surface area contributed by atoms with Crippen LogP contribution < -0.4 is 5.73 Å². The number of imidazole rings is 1. The lowest BCUT2D eigenvalue weighted by Crippen LogP contribution is -2.13. The highest BCUT2D eigenvalue weighted by Crippen LogP contribution is 2.34. The summed E-state index contributed by atoms with van der Waals surface area (Å²) in [7, 11) is 1.63. The van der Waals surface area contributed by atoms with Crippen LogP contribution in [-0.2, 0) is 13.2 Å². The molecule has 20 heavy (non-hydrogen) atoms. The van der Waals surface area contributed by atoms with Gasteiger partial charge in [0.1, 0.15) is 0 Å². The van der Waals surface area contributed by atoms with Crippen LogP contribution in [0.4, 0.5) is 18.9 Å². The van der Waals surface area contributed by atoms with E-state index in [1.54, 1.807) is 7.05 Å². The molecule has 0 bridgehead atoms. The summed E-state index contributed by atoms with van der Waals surface area (Å²) in [6.45, 7) is 0. The molecule has 104 valence electrons. The van der Waals surface area contributed by atoms with Crippen LogP contribution in [0.1, 0.15) is 5.82 Å². The minimum Gasteiger partial charge on any atom is -0.399 e. The Bertz CT molecular complexity index is 784. The highest BCUT2D eigenvalue weighted by atomic mass is 19.4. The number of alkyl halides is 3. The van der Waals surface area contributed by atoms with Crippen LogP contribution in [0.25, 0.3) is 16.7 Å². The standard InChI is InChI=1S/C12H10F3N5/c1-19-6-8(5-17-19)20-10-3-2-7(16)4-9(10)18-11(20)12(13,14)15/h2-6H,16H2,1H3. The summed E-state index contributed by atoms with van der Waals surface area (Å²) in [6.07, 6.45) is -1.72. The maximum atomic E-state index is 13.1. The Balaban J connectivity index is 2.37. The largest absolute Gasteiger partial charge is 0.450 e. The predicted molar refractivity (Wildman–Crippen MR) is 67.3 cm³/mol. The van der Waals surface area contributed by atoms with E-state index < -0.39 is 12.0 Å². The molecule has 0 unspecified atom stereocenters. The smallest absolute Gasteiger partial charge is 0.399 e. The molecule has 0 spiro atoms. The molecule has 2 N–H and O–H groups in total. The number of benzene rings is 1. The van der Waals surface area contributed by atoms with Gasteiger partial charge in [0.05, 0.1) is 22.9 Å². The highest BCUT2D eigenvalue weighted by molar-refractivity contribution is 5.81. The van der Waals surface area contributed by atoms with Crippen molar-refractivity contribution in [1.29, 1.82) is 0 Å². The molecule has 5 nitrogen and oxygen atoms in total. The second kappa shape index (κ2) is 3.99. The normalized spacial score (nSPS) is 12.2. The molecule has 0 aliphatic heterocycles. The molecule has 3 rings (SSSR count). The lowest BCUT2D eigenvalue weighted by molar-refractivity contribution is -0.145. The summed E-state index contributed by atoms with van der Waals surface area (Å²) < 4.78 is 41.9. The van der Waals surface area contributed by atoms with Crippen LogP contribution in [-0.4, -0.2) is 19.3 Å². The summed E-state index contributed by atoms with van der Waals surface area (Å²) in [5, 5.41) is 3.90. The van der Waals surface area contributed by atoms with Gasteiger partial charge in [0, 0.05) is 18.9 Å². The first-order valence-corrected chi connectivity index (χ1v) is 5.70. The van der Waals surface area contributed by atoms with Crippen LogP contribution >= 0.6 is 0 Å². The van der Waals surface area contributed by atoms with E-state index in [9.17, 15) is 13.2 Å². The van der Waals surface area contributed by atoms with E-state index in [2.05, 4.69) is 10.1 Å². The van der Waals surface area contributed by atoms with Crippen LogP contribution in [0.15, 0.2) is 30.6 Å². The van der Waals surface area contributed by atoms with Gasteiger partial charge in [-0.1, -0.05) is 0 Å². The third-order valence-corrected chi connectivity index (χ3v) is 2.88. The second-order valence-corrected chi connectivity index (χ2v) is 4.39. The topological polar surface area (TPSA) is 61.7 Å². The van der Waals surface area contributed by atoms with Crippen molar-refractivity contribution in [2.75, 3.05) is 5.73 Å². The number of halogens is 3. The molecule has 0 amide bonds. The molecule has 2 heterocycles. The first-order chi connectivity index (χ1) is 9.36. The molecule has 0 aliphatic carbocycles. The predicted octanol–water partition coefficient (Wildman–Crippen LogP) is 2.36. The SMILES string of the molecule is Cn1cc(-n2c(C(F)(F)F)nc3cc(N)ccc32)cn1. The average molecular weight is 281 g/mol. The van der Waals surface area contributed by atoms with Gasteiger partial charge in [-0.05, 0) is 18.2 Å². The van der Waals surface area contributed by atoms with Gasteiger partial charge in [-0.2, -0.15) is 18.3 Å². The molecule has 3 aromatic rings. The van der Waals surface area contributed by atoms with E-state index in [1.807, 2.05) is 0 Å². The number of nitrogens with zero attached hydrogens (tertiary/aromatic N) is 4. The molecular formula is C12H10F3N5. The summed E-state index contributed by atoms with van der Waals surface area (Å²) in [6, 6.07) is 4.47. The third-order valence-electron chi connectivity index (χ3n) is 2.88. The lowest BCUT2D eigenvalue weighted by Gasteiger charge is -2.09. The van der Waals surface area contributed by atoms with Crippen molar-refractivity contribution >= 4 is 16.7 Å². The average Bonchev–Trinajstić information content (AvgIpc) is 2.91. The third kappa shape index (κ3) is 1.89. The zero-order chi connectivity index (χ0) is 14.5. The minimum atomic E-state index is -4.57. The number of hydrogen-bond donors (Lipinski definition) is 1. The van der Waals surface area contributed by atoms with Gasteiger partial charge < -0.3 is 5.73 Å².